The zero-order chi connectivity index (χ0) is 18.9. The number of hydrogen-bond donors (Lipinski definition) is 0. The fourth-order valence-electron chi connectivity index (χ4n) is 2.96. The van der Waals surface area contributed by atoms with Crippen molar-refractivity contribution < 1.29 is 4.74 Å². The van der Waals surface area contributed by atoms with Crippen LogP contribution in [0.15, 0.2) is 81.9 Å². The zero-order valence-electron chi connectivity index (χ0n) is 14.6. The van der Waals surface area contributed by atoms with Crippen LogP contribution in [0.1, 0.15) is 10.6 Å². The monoisotopic (exact) mass is 419 g/mol. The van der Waals surface area contributed by atoms with Gasteiger partial charge in [-0.15, -0.1) is 11.3 Å². The molecule has 1 aliphatic rings. The second-order valence-corrected chi connectivity index (χ2v) is 8.62. The normalized spacial score (nSPS) is 12.5. The lowest BCUT2D eigenvalue weighted by Crippen LogP contribution is -1.94. The molecule has 0 N–H and O–H groups in total. The first-order valence-corrected chi connectivity index (χ1v) is 10.8. The van der Waals surface area contributed by atoms with E-state index in [1.54, 1.807) is 23.1 Å². The molecule has 28 heavy (non-hydrogen) atoms. The Hall–Kier alpha value is -2.53. The lowest BCUT2D eigenvalue weighted by Gasteiger charge is -2.19. The molecule has 5 heteroatoms. The molecule has 1 aliphatic heterocycles. The van der Waals surface area contributed by atoms with E-state index < -0.39 is 0 Å². The average Bonchev–Trinajstić information content (AvgIpc) is 3.20. The molecule has 4 aromatic rings. The van der Waals surface area contributed by atoms with E-state index in [1.807, 2.05) is 60.7 Å². The number of nitrogens with zero attached hydrogens (tertiary/aromatic N) is 1. The van der Waals surface area contributed by atoms with E-state index in [0.717, 1.165) is 48.1 Å². The van der Waals surface area contributed by atoms with Crippen molar-refractivity contribution in [2.75, 3.05) is 0 Å². The van der Waals surface area contributed by atoms with Gasteiger partial charge in [-0.2, -0.15) is 0 Å². The van der Waals surface area contributed by atoms with Crippen LogP contribution in [0.3, 0.4) is 0 Å². The molecule has 0 saturated carbocycles. The minimum Gasteiger partial charge on any atom is -0.455 e. The highest BCUT2D eigenvalue weighted by Gasteiger charge is 2.18. The molecular formula is C23H14ClNOS2. The van der Waals surface area contributed by atoms with Gasteiger partial charge in [0.05, 0.1) is 15.5 Å². The summed E-state index contributed by atoms with van der Waals surface area (Å²) in [6.45, 7) is 0. The second kappa shape index (κ2) is 7.47. The first-order chi connectivity index (χ1) is 13.8. The maximum atomic E-state index is 6.21. The van der Waals surface area contributed by atoms with Gasteiger partial charge in [0, 0.05) is 16.0 Å². The van der Waals surface area contributed by atoms with Crippen molar-refractivity contribution in [3.05, 3.63) is 87.7 Å². The fraction of sp³-hybridized carbons (Fsp3) is 0. The van der Waals surface area contributed by atoms with E-state index >= 15 is 0 Å². The van der Waals surface area contributed by atoms with Crippen molar-refractivity contribution in [3.63, 3.8) is 0 Å². The summed E-state index contributed by atoms with van der Waals surface area (Å²) in [5.41, 5.74) is 3.04. The molecule has 0 aliphatic carbocycles. The van der Waals surface area contributed by atoms with Crippen molar-refractivity contribution in [1.29, 1.82) is 0 Å². The fourth-order valence-corrected chi connectivity index (χ4v) is 4.86. The lowest BCUT2D eigenvalue weighted by atomic mass is 10.1. The number of para-hydroxylation sites is 1. The van der Waals surface area contributed by atoms with E-state index in [1.165, 1.54) is 0 Å². The number of halogens is 1. The topological polar surface area (TPSA) is 22.1 Å². The highest BCUT2D eigenvalue weighted by molar-refractivity contribution is 7.99. The van der Waals surface area contributed by atoms with Crippen molar-refractivity contribution in [2.24, 2.45) is 0 Å². The van der Waals surface area contributed by atoms with Gasteiger partial charge in [0.25, 0.3) is 0 Å². The summed E-state index contributed by atoms with van der Waals surface area (Å²) in [6, 6.07) is 22.1. The predicted molar refractivity (Wildman–Crippen MR) is 119 cm³/mol. The summed E-state index contributed by atoms with van der Waals surface area (Å²) in [6.07, 6.45) is 4.00. The molecule has 0 fully saturated rings. The van der Waals surface area contributed by atoms with Crippen LogP contribution in [0, 0.1) is 0 Å². The minimum atomic E-state index is 0.738. The largest absolute Gasteiger partial charge is 0.455 e. The Labute approximate surface area is 176 Å². The van der Waals surface area contributed by atoms with E-state index in [-0.39, 0.29) is 0 Å². The van der Waals surface area contributed by atoms with E-state index in [4.69, 9.17) is 21.3 Å². The van der Waals surface area contributed by atoms with Crippen molar-refractivity contribution in [1.82, 2.24) is 4.98 Å². The molecule has 0 amide bonds. The smallest absolute Gasteiger partial charge is 0.141 e. The van der Waals surface area contributed by atoms with Crippen LogP contribution in [-0.4, -0.2) is 4.98 Å². The third kappa shape index (κ3) is 3.47. The summed E-state index contributed by atoms with van der Waals surface area (Å²) in [7, 11) is 0. The molecular weight excluding hydrogens is 406 g/mol. The summed E-state index contributed by atoms with van der Waals surface area (Å²) in [5, 5.41) is 3.76. The van der Waals surface area contributed by atoms with E-state index in [9.17, 15) is 0 Å². The van der Waals surface area contributed by atoms with Gasteiger partial charge in [-0.05, 0) is 48.0 Å². The highest BCUT2D eigenvalue weighted by Crippen LogP contribution is 2.47. The molecule has 5 rings (SSSR count). The summed E-state index contributed by atoms with van der Waals surface area (Å²) in [5.74, 6) is 1.80. The van der Waals surface area contributed by atoms with Gasteiger partial charge in [0.1, 0.15) is 16.5 Å². The van der Waals surface area contributed by atoms with Crippen LogP contribution in [0.4, 0.5) is 0 Å². The van der Waals surface area contributed by atoms with Crippen LogP contribution < -0.4 is 4.74 Å². The lowest BCUT2D eigenvalue weighted by molar-refractivity contribution is 0.454. The summed E-state index contributed by atoms with van der Waals surface area (Å²) < 4.78 is 6.01. The average molecular weight is 420 g/mol. The number of hydrogen-bond acceptors (Lipinski definition) is 4. The predicted octanol–water partition coefficient (Wildman–Crippen LogP) is 7.89. The van der Waals surface area contributed by atoms with Crippen molar-refractivity contribution >= 4 is 46.9 Å². The summed E-state index contributed by atoms with van der Waals surface area (Å²) >= 11 is 9.56. The zero-order valence-corrected chi connectivity index (χ0v) is 17.0. The molecule has 2 nitrogen and oxygen atoms in total. The first-order valence-electron chi connectivity index (χ1n) is 8.73. The molecule has 0 radical (unpaired) electrons. The second-order valence-electron chi connectivity index (χ2n) is 6.24. The van der Waals surface area contributed by atoms with Gasteiger partial charge < -0.3 is 4.74 Å². The van der Waals surface area contributed by atoms with Crippen molar-refractivity contribution in [2.45, 2.75) is 9.79 Å². The molecule has 1 aromatic heterocycles. The number of rotatable bonds is 3. The molecule has 2 heterocycles. The number of aromatic nitrogens is 1. The van der Waals surface area contributed by atoms with Gasteiger partial charge >= 0.3 is 0 Å². The highest BCUT2D eigenvalue weighted by atomic mass is 35.5. The van der Waals surface area contributed by atoms with Crippen molar-refractivity contribution in [3.8, 4) is 22.8 Å². The molecule has 3 aromatic carbocycles. The number of benzene rings is 3. The Morgan fingerprint density at radius 2 is 1.68 bits per heavy atom. The Kier molecular flexibility index (Phi) is 4.69. The SMILES string of the molecule is Clc1ccccc1C=Cc1nc(-c2ccc3c(c2)Sc2ccccc2O3)cs1. The molecule has 0 unspecified atom stereocenters. The quantitative estimate of drug-likeness (QED) is 0.296. The van der Waals surface area contributed by atoms with Gasteiger partial charge in [0.15, 0.2) is 0 Å². The van der Waals surface area contributed by atoms with Crippen LogP contribution in [-0.2, 0) is 0 Å². The Morgan fingerprint density at radius 1 is 0.857 bits per heavy atom. The Morgan fingerprint density at radius 3 is 2.61 bits per heavy atom. The molecule has 136 valence electrons. The molecule has 0 spiro atoms. The standard InChI is InChI=1S/C23H14ClNOS2/c24-17-6-2-1-5-15(17)10-12-23-25-18(14-27-23)16-9-11-20-22(13-16)28-21-8-4-3-7-19(21)26-20/h1-14H. The molecule has 0 atom stereocenters. The summed E-state index contributed by atoms with van der Waals surface area (Å²) in [4.78, 5) is 7.00. The number of ether oxygens (including phenoxy) is 1. The van der Waals surface area contributed by atoms with Crippen LogP contribution in [0.5, 0.6) is 11.5 Å². The number of fused-ring (bicyclic) bond motifs is 2. The molecule has 0 saturated heterocycles. The van der Waals surface area contributed by atoms with Crippen LogP contribution in [0.25, 0.3) is 23.4 Å². The number of thiazole rings is 1. The maximum Gasteiger partial charge on any atom is 0.141 e. The maximum absolute atomic E-state index is 6.21. The first kappa shape index (κ1) is 17.6. The Bertz CT molecular complexity index is 1200. The molecule has 0 bridgehead atoms. The van der Waals surface area contributed by atoms with Gasteiger partial charge in [-0.3, -0.25) is 0 Å². The van der Waals surface area contributed by atoms with Gasteiger partial charge in [-0.25, -0.2) is 4.98 Å². The van der Waals surface area contributed by atoms with Gasteiger partial charge in [0.2, 0.25) is 0 Å². The van der Waals surface area contributed by atoms with Crippen LogP contribution >= 0.6 is 34.7 Å². The Balaban J connectivity index is 1.40. The van der Waals surface area contributed by atoms with E-state index in [0.29, 0.717) is 0 Å². The third-order valence-corrected chi connectivity index (χ3v) is 6.61. The minimum absolute atomic E-state index is 0.738. The van der Waals surface area contributed by atoms with E-state index in [2.05, 4.69) is 23.6 Å². The third-order valence-electron chi connectivity index (χ3n) is 4.36. The van der Waals surface area contributed by atoms with Crippen LogP contribution in [0.2, 0.25) is 5.02 Å². The van der Waals surface area contributed by atoms with Gasteiger partial charge in [-0.1, -0.05) is 59.8 Å².